The van der Waals surface area contributed by atoms with E-state index in [0.29, 0.717) is 5.92 Å². The standard InChI is InChI=1S/C13H19F2NO/c1-9(2)6-10(8-17)16-7-11-12(14)4-3-5-13(11)15/h3-5,9-10,16-17H,6-8H2,1-2H3. The van der Waals surface area contributed by atoms with E-state index in [1.54, 1.807) is 0 Å². The smallest absolute Gasteiger partial charge is 0.130 e. The summed E-state index contributed by atoms with van der Waals surface area (Å²) < 4.78 is 26.6. The van der Waals surface area contributed by atoms with E-state index in [1.807, 2.05) is 13.8 Å². The van der Waals surface area contributed by atoms with Gasteiger partial charge in [-0.15, -0.1) is 0 Å². The van der Waals surface area contributed by atoms with Crippen molar-refractivity contribution in [1.29, 1.82) is 0 Å². The van der Waals surface area contributed by atoms with Gasteiger partial charge in [-0.05, 0) is 24.5 Å². The van der Waals surface area contributed by atoms with Crippen molar-refractivity contribution >= 4 is 0 Å². The molecule has 4 heteroatoms. The van der Waals surface area contributed by atoms with E-state index in [2.05, 4.69) is 5.32 Å². The molecule has 0 aromatic heterocycles. The summed E-state index contributed by atoms with van der Waals surface area (Å²) in [4.78, 5) is 0. The summed E-state index contributed by atoms with van der Waals surface area (Å²) in [5.74, 6) is -0.692. The van der Waals surface area contributed by atoms with Crippen LogP contribution >= 0.6 is 0 Å². The Bertz CT molecular complexity index is 335. The number of rotatable bonds is 6. The van der Waals surface area contributed by atoms with Crippen molar-refractivity contribution in [1.82, 2.24) is 5.32 Å². The second-order valence-electron chi connectivity index (χ2n) is 4.59. The molecule has 0 spiro atoms. The molecule has 0 amide bonds. The predicted octanol–water partition coefficient (Wildman–Crippen LogP) is 2.46. The van der Waals surface area contributed by atoms with E-state index < -0.39 is 11.6 Å². The maximum atomic E-state index is 13.3. The van der Waals surface area contributed by atoms with Gasteiger partial charge < -0.3 is 10.4 Å². The van der Waals surface area contributed by atoms with Crippen LogP contribution in [-0.4, -0.2) is 17.8 Å². The Morgan fingerprint density at radius 2 is 1.82 bits per heavy atom. The van der Waals surface area contributed by atoms with Gasteiger partial charge in [-0.1, -0.05) is 19.9 Å². The van der Waals surface area contributed by atoms with Gasteiger partial charge in [0.1, 0.15) is 11.6 Å². The number of aliphatic hydroxyl groups excluding tert-OH is 1. The lowest BCUT2D eigenvalue weighted by Gasteiger charge is -2.18. The van der Waals surface area contributed by atoms with E-state index in [0.717, 1.165) is 6.42 Å². The molecule has 0 saturated heterocycles. The van der Waals surface area contributed by atoms with Crippen LogP contribution in [0.5, 0.6) is 0 Å². The van der Waals surface area contributed by atoms with Crippen molar-refractivity contribution in [3.8, 4) is 0 Å². The molecular formula is C13H19F2NO. The molecule has 0 bridgehead atoms. The first-order valence-electron chi connectivity index (χ1n) is 5.81. The molecule has 0 aliphatic heterocycles. The Morgan fingerprint density at radius 3 is 2.29 bits per heavy atom. The Labute approximate surface area is 101 Å². The Morgan fingerprint density at radius 1 is 1.24 bits per heavy atom. The van der Waals surface area contributed by atoms with Gasteiger partial charge in [-0.2, -0.15) is 0 Å². The molecule has 0 radical (unpaired) electrons. The molecule has 17 heavy (non-hydrogen) atoms. The third-order valence-electron chi connectivity index (χ3n) is 2.61. The van der Waals surface area contributed by atoms with Crippen molar-refractivity contribution in [2.24, 2.45) is 5.92 Å². The monoisotopic (exact) mass is 243 g/mol. The van der Waals surface area contributed by atoms with Crippen LogP contribution in [-0.2, 0) is 6.54 Å². The first-order chi connectivity index (χ1) is 8.04. The molecule has 1 atom stereocenters. The van der Waals surface area contributed by atoms with Crippen LogP contribution in [0.15, 0.2) is 18.2 Å². The Balaban J connectivity index is 2.59. The molecule has 1 unspecified atom stereocenters. The summed E-state index contributed by atoms with van der Waals surface area (Å²) in [6, 6.07) is 3.67. The van der Waals surface area contributed by atoms with E-state index >= 15 is 0 Å². The van der Waals surface area contributed by atoms with Crippen molar-refractivity contribution in [3.05, 3.63) is 35.4 Å². The molecule has 0 aliphatic rings. The predicted molar refractivity (Wildman–Crippen MR) is 63.5 cm³/mol. The summed E-state index contributed by atoms with van der Waals surface area (Å²) in [7, 11) is 0. The van der Waals surface area contributed by atoms with Gasteiger partial charge in [-0.25, -0.2) is 8.78 Å². The molecule has 1 rings (SSSR count). The van der Waals surface area contributed by atoms with Gasteiger partial charge in [0, 0.05) is 18.2 Å². The fraction of sp³-hybridized carbons (Fsp3) is 0.538. The van der Waals surface area contributed by atoms with Crippen molar-refractivity contribution in [2.45, 2.75) is 32.9 Å². The average molecular weight is 243 g/mol. The zero-order valence-electron chi connectivity index (χ0n) is 10.2. The van der Waals surface area contributed by atoms with Crippen molar-refractivity contribution in [3.63, 3.8) is 0 Å². The summed E-state index contributed by atoms with van der Waals surface area (Å²) in [6.07, 6.45) is 0.770. The zero-order chi connectivity index (χ0) is 12.8. The topological polar surface area (TPSA) is 32.3 Å². The minimum Gasteiger partial charge on any atom is -0.395 e. The molecule has 1 aromatic rings. The van der Waals surface area contributed by atoms with Gasteiger partial charge in [-0.3, -0.25) is 0 Å². The second-order valence-corrected chi connectivity index (χ2v) is 4.59. The van der Waals surface area contributed by atoms with Crippen molar-refractivity contribution in [2.75, 3.05) is 6.61 Å². The second kappa shape index (κ2) is 6.67. The van der Waals surface area contributed by atoms with Crippen molar-refractivity contribution < 1.29 is 13.9 Å². The summed E-state index contributed by atoms with van der Waals surface area (Å²) >= 11 is 0. The van der Waals surface area contributed by atoms with E-state index in [1.165, 1.54) is 18.2 Å². The van der Waals surface area contributed by atoms with Crippen LogP contribution in [0.4, 0.5) is 8.78 Å². The highest BCUT2D eigenvalue weighted by Gasteiger charge is 2.12. The van der Waals surface area contributed by atoms with Crippen LogP contribution in [0.3, 0.4) is 0 Å². The van der Waals surface area contributed by atoms with Crippen LogP contribution in [0.2, 0.25) is 0 Å². The van der Waals surface area contributed by atoms with Gasteiger partial charge >= 0.3 is 0 Å². The maximum Gasteiger partial charge on any atom is 0.130 e. The molecule has 0 aliphatic carbocycles. The number of hydrogen-bond donors (Lipinski definition) is 2. The highest BCUT2D eigenvalue weighted by Crippen LogP contribution is 2.12. The van der Waals surface area contributed by atoms with Gasteiger partial charge in [0.2, 0.25) is 0 Å². The lowest BCUT2D eigenvalue weighted by molar-refractivity contribution is 0.222. The van der Waals surface area contributed by atoms with Crippen LogP contribution in [0, 0.1) is 17.6 Å². The minimum absolute atomic E-state index is 0.0229. The molecule has 1 aromatic carbocycles. The fourth-order valence-electron chi connectivity index (χ4n) is 1.74. The number of halogens is 2. The summed E-state index contributed by atoms with van der Waals surface area (Å²) in [6.45, 7) is 4.13. The minimum atomic E-state index is -0.557. The van der Waals surface area contributed by atoms with E-state index in [-0.39, 0.29) is 24.8 Å². The molecule has 0 saturated carbocycles. The molecule has 2 nitrogen and oxygen atoms in total. The molecule has 2 N–H and O–H groups in total. The lowest BCUT2D eigenvalue weighted by atomic mass is 10.0. The molecule has 96 valence electrons. The molecular weight excluding hydrogens is 224 g/mol. The molecule has 0 fully saturated rings. The first kappa shape index (κ1) is 14.1. The van der Waals surface area contributed by atoms with Gasteiger partial charge in [0.25, 0.3) is 0 Å². The SMILES string of the molecule is CC(C)CC(CO)NCc1c(F)cccc1F. The Kier molecular flexibility index (Phi) is 5.51. The zero-order valence-corrected chi connectivity index (χ0v) is 10.2. The summed E-state index contributed by atoms with van der Waals surface area (Å²) in [5.41, 5.74) is 0.0229. The van der Waals surface area contributed by atoms with Gasteiger partial charge in [0.15, 0.2) is 0 Å². The lowest BCUT2D eigenvalue weighted by Crippen LogP contribution is -2.33. The average Bonchev–Trinajstić information content (AvgIpc) is 2.26. The highest BCUT2D eigenvalue weighted by molar-refractivity contribution is 5.19. The third-order valence-corrected chi connectivity index (χ3v) is 2.61. The van der Waals surface area contributed by atoms with Crippen LogP contribution < -0.4 is 5.32 Å². The number of hydrogen-bond acceptors (Lipinski definition) is 2. The number of aliphatic hydroxyl groups is 1. The number of nitrogens with one attached hydrogen (secondary N) is 1. The number of benzene rings is 1. The third kappa shape index (κ3) is 4.40. The van der Waals surface area contributed by atoms with Crippen LogP contribution in [0.1, 0.15) is 25.8 Å². The van der Waals surface area contributed by atoms with E-state index in [9.17, 15) is 8.78 Å². The maximum absolute atomic E-state index is 13.3. The molecule has 0 heterocycles. The summed E-state index contributed by atoms with van der Waals surface area (Å²) in [5, 5.41) is 12.1. The fourth-order valence-corrected chi connectivity index (χ4v) is 1.74. The van der Waals surface area contributed by atoms with E-state index in [4.69, 9.17) is 5.11 Å². The normalized spacial score (nSPS) is 13.1. The van der Waals surface area contributed by atoms with Crippen LogP contribution in [0.25, 0.3) is 0 Å². The Hall–Kier alpha value is -1.00. The first-order valence-corrected chi connectivity index (χ1v) is 5.81. The largest absolute Gasteiger partial charge is 0.395 e. The van der Waals surface area contributed by atoms with Gasteiger partial charge in [0.05, 0.1) is 6.61 Å². The highest BCUT2D eigenvalue weighted by atomic mass is 19.1. The quantitative estimate of drug-likeness (QED) is 0.804.